The molecule has 0 fully saturated rings. The lowest BCUT2D eigenvalue weighted by Crippen LogP contribution is -2.17. The Kier molecular flexibility index (Phi) is 5.03. The number of hydrogen-bond donors (Lipinski definition) is 2. The lowest BCUT2D eigenvalue weighted by atomic mass is 10.1. The second kappa shape index (κ2) is 6.78. The van der Waals surface area contributed by atoms with Crippen LogP contribution in [0.3, 0.4) is 0 Å². The van der Waals surface area contributed by atoms with Crippen LogP contribution in [0.4, 0.5) is 8.78 Å². The molecule has 0 amide bonds. The summed E-state index contributed by atoms with van der Waals surface area (Å²) in [5, 5.41) is 12.1. The summed E-state index contributed by atoms with van der Waals surface area (Å²) in [6.07, 6.45) is 0.504. The minimum absolute atomic E-state index is 0.316. The Labute approximate surface area is 125 Å². The molecule has 1 aromatic heterocycles. The van der Waals surface area contributed by atoms with E-state index in [9.17, 15) is 13.6 Å². The molecule has 0 saturated heterocycles. The first-order chi connectivity index (χ1) is 9.95. The molecule has 2 N–H and O–H groups in total. The van der Waals surface area contributed by atoms with Gasteiger partial charge in [-0.05, 0) is 49.2 Å². The molecule has 1 aromatic carbocycles. The average Bonchev–Trinajstić information content (AvgIpc) is 2.75. The van der Waals surface area contributed by atoms with Crippen molar-refractivity contribution in [1.82, 2.24) is 5.32 Å². The lowest BCUT2D eigenvalue weighted by Gasteiger charge is -2.05. The van der Waals surface area contributed by atoms with Crippen molar-refractivity contribution in [3.8, 4) is 0 Å². The van der Waals surface area contributed by atoms with Crippen LogP contribution < -0.4 is 5.32 Å². The van der Waals surface area contributed by atoms with Gasteiger partial charge in [0.2, 0.25) is 0 Å². The van der Waals surface area contributed by atoms with Crippen molar-refractivity contribution in [2.24, 2.45) is 0 Å². The third-order valence-electron chi connectivity index (χ3n) is 3.06. The summed E-state index contributed by atoms with van der Waals surface area (Å²) in [6.45, 7) is 2.96. The highest BCUT2D eigenvalue weighted by Crippen LogP contribution is 2.21. The Hall–Kier alpha value is -1.79. The van der Waals surface area contributed by atoms with Gasteiger partial charge < -0.3 is 10.4 Å². The molecule has 0 aliphatic carbocycles. The second-order valence-electron chi connectivity index (χ2n) is 4.70. The van der Waals surface area contributed by atoms with Gasteiger partial charge >= 0.3 is 5.97 Å². The molecule has 6 heteroatoms. The van der Waals surface area contributed by atoms with Crippen molar-refractivity contribution in [3.05, 3.63) is 56.8 Å². The zero-order valence-corrected chi connectivity index (χ0v) is 12.3. The summed E-state index contributed by atoms with van der Waals surface area (Å²) in [5.41, 5.74) is 1.52. The Morgan fingerprint density at radius 2 is 1.90 bits per heavy atom. The molecule has 0 atom stereocenters. The fraction of sp³-hybridized carbons (Fsp3) is 0.267. The summed E-state index contributed by atoms with van der Waals surface area (Å²) in [5.74, 6) is -2.08. The van der Waals surface area contributed by atoms with Crippen molar-refractivity contribution in [3.63, 3.8) is 0 Å². The normalized spacial score (nSPS) is 10.8. The predicted molar refractivity (Wildman–Crippen MR) is 77.8 cm³/mol. The van der Waals surface area contributed by atoms with Crippen LogP contribution in [0.1, 0.15) is 25.7 Å². The SMILES string of the molecule is Cc1sc(C(=O)O)cc1CNCCc1cc(F)cc(F)c1. The molecule has 2 aromatic rings. The summed E-state index contributed by atoms with van der Waals surface area (Å²) in [6, 6.07) is 5.11. The highest BCUT2D eigenvalue weighted by atomic mass is 32.1. The van der Waals surface area contributed by atoms with Crippen LogP contribution in [0, 0.1) is 18.6 Å². The van der Waals surface area contributed by atoms with E-state index in [-0.39, 0.29) is 0 Å². The van der Waals surface area contributed by atoms with Crippen LogP contribution in [0.5, 0.6) is 0 Å². The van der Waals surface area contributed by atoms with Gasteiger partial charge in [-0.2, -0.15) is 0 Å². The third kappa shape index (κ3) is 4.34. The van der Waals surface area contributed by atoms with E-state index in [1.807, 2.05) is 6.92 Å². The Morgan fingerprint density at radius 1 is 1.24 bits per heavy atom. The van der Waals surface area contributed by atoms with Gasteiger partial charge in [0, 0.05) is 17.5 Å². The van der Waals surface area contributed by atoms with Gasteiger partial charge in [0.15, 0.2) is 0 Å². The van der Waals surface area contributed by atoms with Gasteiger partial charge in [0.1, 0.15) is 16.5 Å². The average molecular weight is 311 g/mol. The Morgan fingerprint density at radius 3 is 2.48 bits per heavy atom. The first kappa shape index (κ1) is 15.6. The standard InChI is InChI=1S/C15H15F2NO2S/c1-9-11(6-14(21-9)15(19)20)8-18-3-2-10-4-12(16)7-13(17)5-10/h4-7,18H,2-3,8H2,1H3,(H,19,20). The summed E-state index contributed by atoms with van der Waals surface area (Å²) < 4.78 is 26.0. The van der Waals surface area contributed by atoms with Crippen LogP contribution in [-0.2, 0) is 13.0 Å². The van der Waals surface area contributed by atoms with Gasteiger partial charge in [-0.25, -0.2) is 13.6 Å². The Bertz CT molecular complexity index is 635. The maximum absolute atomic E-state index is 13.0. The van der Waals surface area contributed by atoms with E-state index in [2.05, 4.69) is 5.32 Å². The molecule has 3 nitrogen and oxygen atoms in total. The molecule has 0 aliphatic rings. The molecule has 0 aliphatic heterocycles. The quantitative estimate of drug-likeness (QED) is 0.804. The number of hydrogen-bond acceptors (Lipinski definition) is 3. The highest BCUT2D eigenvalue weighted by Gasteiger charge is 2.10. The van der Waals surface area contributed by atoms with E-state index in [4.69, 9.17) is 5.11 Å². The van der Waals surface area contributed by atoms with E-state index < -0.39 is 17.6 Å². The molecule has 0 bridgehead atoms. The zero-order chi connectivity index (χ0) is 15.4. The number of carbonyl (C=O) groups is 1. The minimum Gasteiger partial charge on any atom is -0.477 e. The number of aromatic carboxylic acids is 1. The molecule has 112 valence electrons. The zero-order valence-electron chi connectivity index (χ0n) is 11.5. The van der Waals surface area contributed by atoms with Crippen molar-refractivity contribution in [1.29, 1.82) is 0 Å². The predicted octanol–water partition coefficient (Wildman–Crippen LogP) is 3.37. The van der Waals surface area contributed by atoms with Gasteiger partial charge in [0.25, 0.3) is 0 Å². The maximum Gasteiger partial charge on any atom is 0.345 e. The monoisotopic (exact) mass is 311 g/mol. The first-order valence-corrected chi connectivity index (χ1v) is 7.25. The number of halogens is 2. The van der Waals surface area contributed by atoms with Crippen LogP contribution >= 0.6 is 11.3 Å². The van der Waals surface area contributed by atoms with E-state index in [0.717, 1.165) is 16.5 Å². The summed E-state index contributed by atoms with van der Waals surface area (Å²) in [4.78, 5) is 12.1. The van der Waals surface area contributed by atoms with Gasteiger partial charge in [-0.1, -0.05) is 0 Å². The van der Waals surface area contributed by atoms with Crippen LogP contribution in [0.2, 0.25) is 0 Å². The largest absolute Gasteiger partial charge is 0.477 e. The van der Waals surface area contributed by atoms with E-state index in [0.29, 0.717) is 30.0 Å². The fourth-order valence-electron chi connectivity index (χ4n) is 2.01. The van der Waals surface area contributed by atoms with Crippen molar-refractivity contribution >= 4 is 17.3 Å². The molecule has 0 unspecified atom stereocenters. The van der Waals surface area contributed by atoms with Crippen molar-refractivity contribution in [2.75, 3.05) is 6.54 Å². The second-order valence-corrected chi connectivity index (χ2v) is 5.96. The molecule has 0 radical (unpaired) electrons. The van der Waals surface area contributed by atoms with Gasteiger partial charge in [-0.15, -0.1) is 11.3 Å². The number of nitrogens with one attached hydrogen (secondary N) is 1. The number of aryl methyl sites for hydroxylation is 1. The third-order valence-corrected chi connectivity index (χ3v) is 4.14. The van der Waals surface area contributed by atoms with Gasteiger partial charge in [0.05, 0.1) is 0 Å². The van der Waals surface area contributed by atoms with Crippen LogP contribution in [0.25, 0.3) is 0 Å². The molecule has 2 rings (SSSR count). The summed E-state index contributed by atoms with van der Waals surface area (Å²) >= 11 is 1.24. The number of carboxylic acids is 1. The number of thiophene rings is 1. The number of rotatable bonds is 6. The molecular weight excluding hydrogens is 296 g/mol. The fourth-order valence-corrected chi connectivity index (χ4v) is 2.89. The van der Waals surface area contributed by atoms with E-state index in [1.54, 1.807) is 6.07 Å². The smallest absolute Gasteiger partial charge is 0.345 e. The van der Waals surface area contributed by atoms with E-state index in [1.165, 1.54) is 23.5 Å². The number of carboxylic acid groups (broad SMARTS) is 1. The number of benzene rings is 1. The van der Waals surface area contributed by atoms with Gasteiger partial charge in [-0.3, -0.25) is 0 Å². The molecule has 0 saturated carbocycles. The maximum atomic E-state index is 13.0. The molecule has 1 heterocycles. The molecule has 0 spiro atoms. The highest BCUT2D eigenvalue weighted by molar-refractivity contribution is 7.14. The van der Waals surface area contributed by atoms with Crippen molar-refractivity contribution < 1.29 is 18.7 Å². The van der Waals surface area contributed by atoms with Crippen LogP contribution in [0.15, 0.2) is 24.3 Å². The van der Waals surface area contributed by atoms with Crippen molar-refractivity contribution in [2.45, 2.75) is 19.9 Å². The lowest BCUT2D eigenvalue weighted by molar-refractivity contribution is 0.0702. The molecular formula is C15H15F2NO2S. The van der Waals surface area contributed by atoms with Crippen LogP contribution in [-0.4, -0.2) is 17.6 Å². The topological polar surface area (TPSA) is 49.3 Å². The summed E-state index contributed by atoms with van der Waals surface area (Å²) in [7, 11) is 0. The van der Waals surface area contributed by atoms with E-state index >= 15 is 0 Å². The Balaban J connectivity index is 1.86. The molecule has 21 heavy (non-hydrogen) atoms. The first-order valence-electron chi connectivity index (χ1n) is 6.44. The minimum atomic E-state index is -0.926.